The van der Waals surface area contributed by atoms with Gasteiger partial charge in [-0.05, 0) is 77.3 Å². The molecule has 1 aromatic heterocycles. The summed E-state index contributed by atoms with van der Waals surface area (Å²) in [7, 11) is 1.65. The molecule has 1 aliphatic rings. The van der Waals surface area contributed by atoms with Gasteiger partial charge in [0.2, 0.25) is 0 Å². The molecule has 0 saturated heterocycles. The highest BCUT2D eigenvalue weighted by Crippen LogP contribution is 2.32. The van der Waals surface area contributed by atoms with Crippen molar-refractivity contribution in [3.8, 4) is 17.2 Å². The molecule has 0 fully saturated rings. The van der Waals surface area contributed by atoms with Crippen molar-refractivity contribution in [3.63, 3.8) is 0 Å². The van der Waals surface area contributed by atoms with Crippen LogP contribution < -0.4 is 14.2 Å². The second-order valence-electron chi connectivity index (χ2n) is 6.83. The number of methoxy groups -OCH3 is 1. The fourth-order valence-corrected chi connectivity index (χ4v) is 3.77. The van der Waals surface area contributed by atoms with E-state index in [-0.39, 0.29) is 0 Å². The Labute approximate surface area is 183 Å². The Morgan fingerprint density at radius 2 is 1.77 bits per heavy atom. The first-order valence-corrected chi connectivity index (χ1v) is 10.6. The standard InChI is InChI=1S/C23H22BrN3O3/c1-28-22-11-10-21-20(23(22)24)9-4-17(26-21)15-30-19-7-5-18(6-8-19)29-14-2-3-16-12-13-25-27-16/h4-11,13H,2-3,12,14-15H2,1H3. The van der Waals surface area contributed by atoms with Crippen LogP contribution in [0, 0.1) is 0 Å². The van der Waals surface area contributed by atoms with Gasteiger partial charge in [-0.1, -0.05) is 0 Å². The van der Waals surface area contributed by atoms with E-state index in [0.717, 1.165) is 63.3 Å². The molecule has 0 spiro atoms. The van der Waals surface area contributed by atoms with Crippen LogP contribution in [0.3, 0.4) is 0 Å². The summed E-state index contributed by atoms with van der Waals surface area (Å²) in [5.74, 6) is 2.39. The number of benzene rings is 2. The highest BCUT2D eigenvalue weighted by atomic mass is 79.9. The topological polar surface area (TPSA) is 65.3 Å². The molecule has 154 valence electrons. The normalized spacial score (nSPS) is 12.8. The third-order valence-electron chi connectivity index (χ3n) is 4.74. The number of pyridine rings is 1. The summed E-state index contributed by atoms with van der Waals surface area (Å²) in [6.45, 7) is 1.05. The van der Waals surface area contributed by atoms with Gasteiger partial charge in [-0.2, -0.15) is 10.2 Å². The third-order valence-corrected chi connectivity index (χ3v) is 5.56. The molecule has 0 N–H and O–H groups in total. The van der Waals surface area contributed by atoms with Gasteiger partial charge < -0.3 is 14.2 Å². The number of hydrogen-bond acceptors (Lipinski definition) is 6. The van der Waals surface area contributed by atoms with Crippen LogP contribution in [0.1, 0.15) is 25.0 Å². The molecular weight excluding hydrogens is 446 g/mol. The summed E-state index contributed by atoms with van der Waals surface area (Å²) in [6, 6.07) is 15.5. The van der Waals surface area contributed by atoms with E-state index < -0.39 is 0 Å². The zero-order chi connectivity index (χ0) is 20.8. The molecule has 2 heterocycles. The third kappa shape index (κ3) is 4.97. The van der Waals surface area contributed by atoms with E-state index >= 15 is 0 Å². The van der Waals surface area contributed by atoms with E-state index in [4.69, 9.17) is 14.2 Å². The van der Waals surface area contributed by atoms with Crippen molar-refractivity contribution in [1.82, 2.24) is 4.98 Å². The summed E-state index contributed by atoms with van der Waals surface area (Å²) >= 11 is 3.57. The van der Waals surface area contributed by atoms with Gasteiger partial charge in [-0.25, -0.2) is 4.98 Å². The molecule has 0 saturated carbocycles. The van der Waals surface area contributed by atoms with Crippen molar-refractivity contribution in [2.24, 2.45) is 10.2 Å². The lowest BCUT2D eigenvalue weighted by Crippen LogP contribution is -2.02. The Bertz CT molecular complexity index is 1080. The maximum atomic E-state index is 5.88. The second kappa shape index (κ2) is 9.71. The van der Waals surface area contributed by atoms with Crippen molar-refractivity contribution >= 4 is 38.8 Å². The summed E-state index contributed by atoms with van der Waals surface area (Å²) in [5, 5.41) is 8.95. The summed E-state index contributed by atoms with van der Waals surface area (Å²) in [5.41, 5.74) is 2.87. The minimum Gasteiger partial charge on any atom is -0.496 e. The van der Waals surface area contributed by atoms with Gasteiger partial charge in [-0.3, -0.25) is 0 Å². The van der Waals surface area contributed by atoms with Gasteiger partial charge in [-0.15, -0.1) is 0 Å². The highest BCUT2D eigenvalue weighted by Gasteiger charge is 2.08. The zero-order valence-corrected chi connectivity index (χ0v) is 18.3. The number of fused-ring (bicyclic) bond motifs is 1. The minimum atomic E-state index is 0.393. The van der Waals surface area contributed by atoms with Crippen LogP contribution in [0.25, 0.3) is 10.9 Å². The summed E-state index contributed by atoms with van der Waals surface area (Å²) in [4.78, 5) is 4.67. The average Bonchev–Trinajstić information content (AvgIpc) is 3.30. The fourth-order valence-electron chi connectivity index (χ4n) is 3.15. The van der Waals surface area contributed by atoms with Crippen LogP contribution >= 0.6 is 15.9 Å². The summed E-state index contributed by atoms with van der Waals surface area (Å²) in [6.07, 6.45) is 4.54. The first kappa shape index (κ1) is 20.3. The van der Waals surface area contributed by atoms with E-state index in [1.807, 2.05) is 54.7 Å². The number of rotatable bonds is 9. The molecule has 0 unspecified atom stereocenters. The zero-order valence-electron chi connectivity index (χ0n) is 16.7. The molecule has 1 aliphatic heterocycles. The van der Waals surface area contributed by atoms with Crippen molar-refractivity contribution in [1.29, 1.82) is 0 Å². The Morgan fingerprint density at radius 1 is 0.967 bits per heavy atom. The smallest absolute Gasteiger partial charge is 0.133 e. The maximum absolute atomic E-state index is 5.88. The minimum absolute atomic E-state index is 0.393. The van der Waals surface area contributed by atoms with Gasteiger partial charge in [0.25, 0.3) is 0 Å². The van der Waals surface area contributed by atoms with E-state index in [9.17, 15) is 0 Å². The molecule has 2 aromatic carbocycles. The molecule has 0 bridgehead atoms. The molecule has 4 rings (SSSR count). The molecule has 3 aromatic rings. The first-order valence-electron chi connectivity index (χ1n) is 9.78. The highest BCUT2D eigenvalue weighted by molar-refractivity contribution is 9.10. The largest absolute Gasteiger partial charge is 0.496 e. The number of hydrogen-bond donors (Lipinski definition) is 0. The van der Waals surface area contributed by atoms with E-state index in [1.165, 1.54) is 0 Å². The van der Waals surface area contributed by atoms with Crippen LogP contribution in [-0.4, -0.2) is 30.6 Å². The average molecular weight is 468 g/mol. The van der Waals surface area contributed by atoms with Crippen molar-refractivity contribution in [2.75, 3.05) is 13.7 Å². The molecule has 0 radical (unpaired) electrons. The Morgan fingerprint density at radius 3 is 2.50 bits per heavy atom. The molecule has 6 nitrogen and oxygen atoms in total. The fraction of sp³-hybridized carbons (Fsp3) is 0.261. The second-order valence-corrected chi connectivity index (χ2v) is 7.62. The number of nitrogens with zero attached hydrogens (tertiary/aromatic N) is 3. The van der Waals surface area contributed by atoms with Gasteiger partial charge in [0, 0.05) is 23.7 Å². The maximum Gasteiger partial charge on any atom is 0.133 e. The van der Waals surface area contributed by atoms with Crippen LogP contribution in [0.4, 0.5) is 0 Å². The number of halogens is 1. The predicted molar refractivity (Wildman–Crippen MR) is 122 cm³/mol. The molecule has 0 atom stereocenters. The van der Waals surface area contributed by atoms with Gasteiger partial charge >= 0.3 is 0 Å². The Hall–Kier alpha value is -2.93. The molecular formula is C23H22BrN3O3. The van der Waals surface area contributed by atoms with Gasteiger partial charge in [0.15, 0.2) is 0 Å². The van der Waals surface area contributed by atoms with Crippen LogP contribution in [-0.2, 0) is 6.61 Å². The van der Waals surface area contributed by atoms with Gasteiger partial charge in [0.1, 0.15) is 23.9 Å². The van der Waals surface area contributed by atoms with Crippen LogP contribution in [0.15, 0.2) is 63.2 Å². The Balaban J connectivity index is 1.28. The first-order chi connectivity index (χ1) is 14.7. The van der Waals surface area contributed by atoms with Crippen molar-refractivity contribution < 1.29 is 14.2 Å². The lowest BCUT2D eigenvalue weighted by Gasteiger charge is -2.10. The van der Waals surface area contributed by atoms with E-state index in [2.05, 4.69) is 31.1 Å². The molecule has 7 heteroatoms. The quantitative estimate of drug-likeness (QED) is 0.385. The number of aromatic nitrogens is 1. The monoisotopic (exact) mass is 467 g/mol. The number of ether oxygens (including phenoxy) is 3. The predicted octanol–water partition coefficient (Wildman–Crippen LogP) is 5.57. The lowest BCUT2D eigenvalue weighted by molar-refractivity contribution is 0.297. The SMILES string of the molecule is COc1ccc2nc(COc3ccc(OCCCC4=NN=CC4)cc3)ccc2c1Br. The lowest BCUT2D eigenvalue weighted by atomic mass is 10.2. The van der Waals surface area contributed by atoms with Crippen LogP contribution in [0.5, 0.6) is 17.2 Å². The molecule has 0 aliphatic carbocycles. The van der Waals surface area contributed by atoms with Gasteiger partial charge in [0.05, 0.1) is 29.4 Å². The molecule has 30 heavy (non-hydrogen) atoms. The van der Waals surface area contributed by atoms with Crippen molar-refractivity contribution in [2.45, 2.75) is 25.9 Å². The van der Waals surface area contributed by atoms with E-state index in [1.54, 1.807) is 7.11 Å². The Kier molecular flexibility index (Phi) is 6.59. The summed E-state index contributed by atoms with van der Waals surface area (Å²) < 4.78 is 17.9. The van der Waals surface area contributed by atoms with E-state index in [0.29, 0.717) is 13.2 Å². The van der Waals surface area contributed by atoms with Crippen molar-refractivity contribution in [3.05, 3.63) is 58.7 Å². The molecule has 0 amide bonds. The van der Waals surface area contributed by atoms with Crippen LogP contribution in [0.2, 0.25) is 0 Å².